The quantitative estimate of drug-likeness (QED) is 0.667. The molecule has 0 bridgehead atoms. The van der Waals surface area contributed by atoms with E-state index >= 15 is 0 Å². The number of piperidine rings is 1. The molecule has 1 aromatic carbocycles. The van der Waals surface area contributed by atoms with Crippen molar-refractivity contribution in [2.24, 2.45) is 5.92 Å². The molecule has 28 heavy (non-hydrogen) atoms. The highest BCUT2D eigenvalue weighted by atomic mass is 32.2. The Morgan fingerprint density at radius 2 is 1.79 bits per heavy atom. The smallest absolute Gasteiger partial charge is 0.249 e. The molecule has 1 saturated heterocycles. The fourth-order valence-corrected chi connectivity index (χ4v) is 4.86. The number of nitrogens with zero attached hydrogens (tertiary/aromatic N) is 4. The largest absolute Gasteiger partial charge is 0.350 e. The molecule has 0 spiro atoms. The van der Waals surface area contributed by atoms with Crippen molar-refractivity contribution in [2.45, 2.75) is 31.2 Å². The predicted octanol–water partition coefficient (Wildman–Crippen LogP) is 2.10. The van der Waals surface area contributed by atoms with E-state index in [0.29, 0.717) is 24.7 Å². The molecule has 2 aromatic heterocycles. The van der Waals surface area contributed by atoms with Gasteiger partial charge >= 0.3 is 5.69 Å². The maximum atomic E-state index is 13.1. The molecule has 0 aliphatic carbocycles. The van der Waals surface area contributed by atoms with Crippen LogP contribution in [0.25, 0.3) is 5.65 Å². The first-order valence-corrected chi connectivity index (χ1v) is 10.6. The van der Waals surface area contributed by atoms with Gasteiger partial charge in [-0.05, 0) is 48.6 Å². The number of aromatic nitrogens is 3. The third kappa shape index (κ3) is 3.47. The molecule has 0 saturated carbocycles. The van der Waals surface area contributed by atoms with Gasteiger partial charge in [0.15, 0.2) is 5.65 Å². The lowest BCUT2D eigenvalue weighted by atomic mass is 10.0. The van der Waals surface area contributed by atoms with E-state index in [4.69, 9.17) is 0 Å². The van der Waals surface area contributed by atoms with Crippen molar-refractivity contribution < 1.29 is 12.8 Å². The number of halogens is 1. The molecule has 4 rings (SSSR count). The van der Waals surface area contributed by atoms with Crippen LogP contribution in [-0.2, 0) is 16.6 Å². The molecule has 3 heterocycles. The Labute approximate surface area is 162 Å². The Hall–Kier alpha value is -2.52. The number of pyridine rings is 1. The third-order valence-electron chi connectivity index (χ3n) is 5.18. The lowest BCUT2D eigenvalue weighted by Gasteiger charge is -2.29. The zero-order valence-corrected chi connectivity index (χ0v) is 16.3. The van der Waals surface area contributed by atoms with Gasteiger partial charge in [-0.25, -0.2) is 26.7 Å². The van der Waals surface area contributed by atoms with Gasteiger partial charge in [0, 0.05) is 19.3 Å². The summed E-state index contributed by atoms with van der Waals surface area (Å²) >= 11 is 0. The molecule has 148 valence electrons. The van der Waals surface area contributed by atoms with Crippen molar-refractivity contribution in [1.82, 2.24) is 18.5 Å². The highest BCUT2D eigenvalue weighted by Gasteiger charge is 2.28. The number of benzene rings is 1. The van der Waals surface area contributed by atoms with Crippen LogP contribution in [0.4, 0.5) is 4.39 Å². The first kappa shape index (κ1) is 18.8. The zero-order valence-electron chi connectivity index (χ0n) is 15.5. The second-order valence-electron chi connectivity index (χ2n) is 7.25. The zero-order chi connectivity index (χ0) is 19.9. The molecule has 0 amide bonds. The van der Waals surface area contributed by atoms with E-state index in [9.17, 15) is 17.6 Å². The fourth-order valence-electron chi connectivity index (χ4n) is 3.39. The van der Waals surface area contributed by atoms with Crippen LogP contribution in [0.1, 0.15) is 25.3 Å². The molecule has 0 N–H and O–H groups in total. The maximum absolute atomic E-state index is 13.1. The summed E-state index contributed by atoms with van der Waals surface area (Å²) < 4.78 is 42.9. The Morgan fingerprint density at radius 3 is 2.46 bits per heavy atom. The summed E-state index contributed by atoms with van der Waals surface area (Å²) in [5, 5.41) is 4.24. The highest BCUT2D eigenvalue weighted by Crippen LogP contribution is 2.23. The second-order valence-corrected chi connectivity index (χ2v) is 9.18. The van der Waals surface area contributed by atoms with E-state index in [0.717, 1.165) is 18.4 Å². The van der Waals surface area contributed by atoms with Gasteiger partial charge in [0.05, 0.1) is 11.4 Å². The normalized spacial score (nSPS) is 16.6. The maximum Gasteiger partial charge on any atom is 0.350 e. The van der Waals surface area contributed by atoms with Gasteiger partial charge in [-0.3, -0.25) is 0 Å². The Morgan fingerprint density at radius 1 is 1.11 bits per heavy atom. The minimum absolute atomic E-state index is 0.0815. The lowest BCUT2D eigenvalue weighted by molar-refractivity contribution is 0.288. The molecule has 7 nitrogen and oxygen atoms in total. The molecule has 0 unspecified atom stereocenters. The predicted molar refractivity (Wildman–Crippen MR) is 102 cm³/mol. The first-order chi connectivity index (χ1) is 13.3. The number of fused-ring (bicyclic) bond motifs is 1. The number of hydrogen-bond acceptors (Lipinski definition) is 4. The number of sulfonamides is 1. The molecule has 3 aromatic rings. The number of hydrogen-bond donors (Lipinski definition) is 0. The van der Waals surface area contributed by atoms with Crippen LogP contribution < -0.4 is 5.69 Å². The second kappa shape index (κ2) is 7.14. The van der Waals surface area contributed by atoms with E-state index in [1.54, 1.807) is 12.1 Å². The molecule has 1 fully saturated rings. The summed E-state index contributed by atoms with van der Waals surface area (Å²) in [7, 11) is -3.65. The Bertz CT molecular complexity index is 1160. The van der Waals surface area contributed by atoms with Gasteiger partial charge in [0.25, 0.3) is 0 Å². The Kier molecular flexibility index (Phi) is 4.80. The van der Waals surface area contributed by atoms with Crippen molar-refractivity contribution >= 4 is 15.7 Å². The molecular formula is C19H21FN4O3S. The fraction of sp³-hybridized carbons (Fsp3) is 0.368. The van der Waals surface area contributed by atoms with E-state index in [1.165, 1.54) is 43.9 Å². The standard InChI is InChI=1S/C19H21FN4O3S/c1-14-8-10-22(11-9-14)28(26,27)17-6-7-18-21-24(19(25)23(18)13-17)12-15-2-4-16(20)5-3-15/h2-7,13-14H,8-12H2,1H3. The van der Waals surface area contributed by atoms with Crippen molar-refractivity contribution in [3.8, 4) is 0 Å². The van der Waals surface area contributed by atoms with Crippen LogP contribution in [0.5, 0.6) is 0 Å². The van der Waals surface area contributed by atoms with E-state index in [1.807, 2.05) is 0 Å². The molecule has 0 atom stereocenters. The lowest BCUT2D eigenvalue weighted by Crippen LogP contribution is -2.38. The van der Waals surface area contributed by atoms with Crippen LogP contribution >= 0.6 is 0 Å². The minimum atomic E-state index is -3.65. The van der Waals surface area contributed by atoms with Gasteiger partial charge in [-0.15, -0.1) is 5.10 Å². The van der Waals surface area contributed by atoms with Gasteiger partial charge < -0.3 is 0 Å². The van der Waals surface area contributed by atoms with E-state index < -0.39 is 15.7 Å². The van der Waals surface area contributed by atoms with Gasteiger partial charge in [-0.1, -0.05) is 19.1 Å². The SMILES string of the molecule is CC1CCN(S(=O)(=O)c2ccc3nn(Cc4ccc(F)cc4)c(=O)n3c2)CC1. The molecule has 1 aliphatic heterocycles. The van der Waals surface area contributed by atoms with E-state index in [-0.39, 0.29) is 17.3 Å². The molecule has 0 radical (unpaired) electrons. The highest BCUT2D eigenvalue weighted by molar-refractivity contribution is 7.89. The molecular weight excluding hydrogens is 383 g/mol. The summed E-state index contributed by atoms with van der Waals surface area (Å²) in [6, 6.07) is 8.82. The van der Waals surface area contributed by atoms with Crippen molar-refractivity contribution in [3.05, 3.63) is 64.5 Å². The van der Waals surface area contributed by atoms with Crippen LogP contribution in [0.3, 0.4) is 0 Å². The van der Waals surface area contributed by atoms with Crippen LogP contribution in [0.2, 0.25) is 0 Å². The topological polar surface area (TPSA) is 76.7 Å². The van der Waals surface area contributed by atoms with E-state index in [2.05, 4.69) is 12.0 Å². The van der Waals surface area contributed by atoms with Gasteiger partial charge in [0.1, 0.15) is 5.82 Å². The molecule has 1 aliphatic rings. The van der Waals surface area contributed by atoms with Crippen molar-refractivity contribution in [3.63, 3.8) is 0 Å². The van der Waals surface area contributed by atoms with Gasteiger partial charge in [0.2, 0.25) is 10.0 Å². The summed E-state index contributed by atoms with van der Waals surface area (Å²) in [4.78, 5) is 12.8. The average molecular weight is 404 g/mol. The number of rotatable bonds is 4. The minimum Gasteiger partial charge on any atom is -0.249 e. The first-order valence-electron chi connectivity index (χ1n) is 9.18. The summed E-state index contributed by atoms with van der Waals surface area (Å²) in [5.74, 6) is 0.161. The monoisotopic (exact) mass is 404 g/mol. The van der Waals surface area contributed by atoms with Crippen molar-refractivity contribution in [2.75, 3.05) is 13.1 Å². The summed E-state index contributed by atoms with van der Waals surface area (Å²) in [6.45, 7) is 3.26. The van der Waals surface area contributed by atoms with Crippen molar-refractivity contribution in [1.29, 1.82) is 0 Å². The average Bonchev–Trinajstić information content (AvgIpc) is 2.99. The summed E-state index contributed by atoms with van der Waals surface area (Å²) in [5.41, 5.74) is 0.643. The molecule has 9 heteroatoms. The van der Waals surface area contributed by atoms with Crippen LogP contribution in [0.15, 0.2) is 52.3 Å². The van der Waals surface area contributed by atoms with Gasteiger partial charge in [-0.2, -0.15) is 4.31 Å². The van der Waals surface area contributed by atoms with Crippen LogP contribution in [0, 0.1) is 11.7 Å². The third-order valence-corrected chi connectivity index (χ3v) is 7.06. The Balaban J connectivity index is 1.66. The van der Waals surface area contributed by atoms with Crippen LogP contribution in [-0.4, -0.2) is 40.0 Å². The summed E-state index contributed by atoms with van der Waals surface area (Å²) in [6.07, 6.45) is 2.99.